The molecule has 0 spiro atoms. The van der Waals surface area contributed by atoms with E-state index in [0.717, 1.165) is 66.2 Å². The Morgan fingerprint density at radius 1 is 1.24 bits per heavy atom. The minimum atomic E-state index is 0.720. The highest BCUT2D eigenvalue weighted by Crippen LogP contribution is 2.39. The zero-order valence-corrected chi connectivity index (χ0v) is 16.2. The topological polar surface area (TPSA) is 43.2 Å². The number of hydrogen-bond acceptors (Lipinski definition) is 5. The van der Waals surface area contributed by atoms with E-state index in [9.17, 15) is 0 Å². The highest BCUT2D eigenvalue weighted by Gasteiger charge is 2.30. The van der Waals surface area contributed by atoms with Crippen LogP contribution in [0.5, 0.6) is 0 Å². The molecule has 2 heterocycles. The van der Waals surface area contributed by atoms with Crippen LogP contribution in [0.4, 0.5) is 5.69 Å². The third-order valence-electron chi connectivity index (χ3n) is 4.47. The number of hydrazone groups is 1. The maximum Gasteiger partial charge on any atom is 0.227 e. The van der Waals surface area contributed by atoms with Crippen LogP contribution in [0.25, 0.3) is 5.70 Å². The zero-order chi connectivity index (χ0) is 18.0. The zero-order valence-electron chi connectivity index (χ0n) is 15.4. The molecule has 1 N–H and O–H groups in total. The molecule has 5 nitrogen and oxygen atoms in total. The average Bonchev–Trinajstić information content (AvgIpc) is 2.61. The third kappa shape index (κ3) is 3.72. The first-order valence-electron chi connectivity index (χ1n) is 8.87. The van der Waals surface area contributed by atoms with Gasteiger partial charge in [0.15, 0.2) is 0 Å². The second-order valence-corrected chi connectivity index (χ2v) is 7.09. The summed E-state index contributed by atoms with van der Waals surface area (Å²) in [5.74, 6) is 0.903. The number of benzene rings is 1. The summed E-state index contributed by atoms with van der Waals surface area (Å²) in [4.78, 5) is 7.26. The molecule has 134 valence electrons. The van der Waals surface area contributed by atoms with Crippen molar-refractivity contribution in [3.05, 3.63) is 34.4 Å². The van der Waals surface area contributed by atoms with E-state index in [4.69, 9.17) is 21.7 Å². The molecule has 2 aliphatic rings. The predicted molar refractivity (Wildman–Crippen MR) is 106 cm³/mol. The summed E-state index contributed by atoms with van der Waals surface area (Å²) in [5.41, 5.74) is 5.38. The number of rotatable bonds is 2. The van der Waals surface area contributed by atoms with E-state index in [1.165, 1.54) is 5.57 Å². The molecule has 6 heteroatoms. The Morgan fingerprint density at radius 2 is 1.96 bits per heavy atom. The van der Waals surface area contributed by atoms with Gasteiger partial charge in [0, 0.05) is 42.5 Å². The molecular weight excluding hydrogens is 334 g/mol. The molecule has 0 radical (unpaired) electrons. The summed E-state index contributed by atoms with van der Waals surface area (Å²) >= 11 is 6.28. The van der Waals surface area contributed by atoms with Crippen molar-refractivity contribution < 1.29 is 0 Å². The van der Waals surface area contributed by atoms with E-state index in [-0.39, 0.29) is 0 Å². The van der Waals surface area contributed by atoms with Gasteiger partial charge in [-0.2, -0.15) is 10.1 Å². The lowest BCUT2D eigenvalue weighted by Crippen LogP contribution is -2.51. The minimum Gasteiger partial charge on any atom is -0.338 e. The summed E-state index contributed by atoms with van der Waals surface area (Å²) in [5, 5.41) is 11.0. The largest absolute Gasteiger partial charge is 0.338 e. The summed E-state index contributed by atoms with van der Waals surface area (Å²) in [6.07, 6.45) is 0.949. The summed E-state index contributed by atoms with van der Waals surface area (Å²) in [6, 6.07) is 5.90. The fourth-order valence-electron chi connectivity index (χ4n) is 3.11. The van der Waals surface area contributed by atoms with Crippen LogP contribution in [0.3, 0.4) is 0 Å². The van der Waals surface area contributed by atoms with Crippen molar-refractivity contribution in [2.24, 2.45) is 10.1 Å². The van der Waals surface area contributed by atoms with Crippen LogP contribution in [0.1, 0.15) is 39.7 Å². The number of fused-ring (bicyclic) bond motifs is 1. The Labute approximate surface area is 155 Å². The van der Waals surface area contributed by atoms with E-state index in [0.29, 0.717) is 0 Å². The third-order valence-corrected chi connectivity index (χ3v) is 4.70. The molecule has 3 rings (SSSR count). The molecule has 0 aliphatic carbocycles. The van der Waals surface area contributed by atoms with Gasteiger partial charge in [-0.05, 0) is 51.0 Å². The summed E-state index contributed by atoms with van der Waals surface area (Å²) in [6.45, 7) is 12.1. The van der Waals surface area contributed by atoms with Gasteiger partial charge in [0.25, 0.3) is 0 Å². The minimum absolute atomic E-state index is 0.720. The Hall–Kier alpha value is -1.85. The lowest BCUT2D eigenvalue weighted by atomic mass is 10.0. The fourth-order valence-corrected chi connectivity index (χ4v) is 3.28. The Balaban J connectivity index is 2.21. The normalized spacial score (nSPS) is 19.3. The van der Waals surface area contributed by atoms with Crippen LogP contribution in [-0.2, 0) is 0 Å². The van der Waals surface area contributed by atoms with Crippen LogP contribution in [0, 0.1) is 0 Å². The maximum atomic E-state index is 6.28. The SMILES string of the molecule is CCC(C)=C1c2cc(Cl)ccc2N=C(N2CCNCC2)N1N=C(C)C. The Morgan fingerprint density at radius 3 is 2.60 bits per heavy atom. The average molecular weight is 360 g/mol. The highest BCUT2D eigenvalue weighted by atomic mass is 35.5. The van der Waals surface area contributed by atoms with Crippen molar-refractivity contribution >= 4 is 34.7 Å². The molecule has 0 amide bonds. The summed E-state index contributed by atoms with van der Waals surface area (Å²) < 4.78 is 0. The lowest BCUT2D eigenvalue weighted by Gasteiger charge is -2.38. The van der Waals surface area contributed by atoms with Crippen molar-refractivity contribution in [2.75, 3.05) is 26.2 Å². The van der Waals surface area contributed by atoms with Crippen molar-refractivity contribution in [3.63, 3.8) is 0 Å². The first-order chi connectivity index (χ1) is 12.0. The van der Waals surface area contributed by atoms with Crippen LogP contribution >= 0.6 is 11.6 Å². The van der Waals surface area contributed by atoms with Crippen LogP contribution < -0.4 is 5.32 Å². The van der Waals surface area contributed by atoms with Crippen LogP contribution in [0.2, 0.25) is 5.02 Å². The van der Waals surface area contributed by atoms with E-state index < -0.39 is 0 Å². The fraction of sp³-hybridized carbons (Fsp3) is 0.474. The number of halogens is 1. The van der Waals surface area contributed by atoms with Gasteiger partial charge in [-0.3, -0.25) is 0 Å². The number of guanidine groups is 1. The number of hydrogen-bond donors (Lipinski definition) is 1. The first-order valence-corrected chi connectivity index (χ1v) is 9.25. The van der Waals surface area contributed by atoms with Crippen molar-refractivity contribution in [2.45, 2.75) is 34.1 Å². The Kier molecular flexibility index (Phi) is 5.45. The number of allylic oxidation sites excluding steroid dienone is 1. The number of nitrogens with one attached hydrogen (secondary N) is 1. The van der Waals surface area contributed by atoms with Gasteiger partial charge in [-0.15, -0.1) is 0 Å². The van der Waals surface area contributed by atoms with Crippen molar-refractivity contribution in [1.82, 2.24) is 15.2 Å². The van der Waals surface area contributed by atoms with Gasteiger partial charge >= 0.3 is 0 Å². The molecule has 25 heavy (non-hydrogen) atoms. The van der Waals surface area contributed by atoms with Gasteiger partial charge in [0.1, 0.15) is 0 Å². The second kappa shape index (κ2) is 7.58. The quantitative estimate of drug-likeness (QED) is 0.809. The van der Waals surface area contributed by atoms with E-state index in [1.54, 1.807) is 0 Å². The number of nitrogens with zero attached hydrogens (tertiary/aromatic N) is 4. The molecule has 0 bridgehead atoms. The lowest BCUT2D eigenvalue weighted by molar-refractivity contribution is 0.323. The Bertz CT molecular complexity index is 740. The molecular formula is C19H26ClN5. The standard InChI is InChI=1S/C19H26ClN5/c1-5-14(4)18-16-12-15(20)6-7-17(16)22-19(25(18)23-13(2)3)24-10-8-21-9-11-24/h6-7,12,21H,5,8-11H2,1-4H3. The number of aliphatic imine (C=N–C) groups is 1. The molecule has 0 unspecified atom stereocenters. The molecule has 2 aliphatic heterocycles. The van der Waals surface area contributed by atoms with Crippen LogP contribution in [-0.4, -0.2) is 47.8 Å². The van der Waals surface area contributed by atoms with Gasteiger partial charge < -0.3 is 10.2 Å². The molecule has 1 aromatic rings. The molecule has 1 aromatic carbocycles. The van der Waals surface area contributed by atoms with Crippen molar-refractivity contribution in [1.29, 1.82) is 0 Å². The first kappa shape index (κ1) is 18.0. The number of piperazine rings is 1. The van der Waals surface area contributed by atoms with Gasteiger partial charge in [0.05, 0.1) is 11.4 Å². The smallest absolute Gasteiger partial charge is 0.227 e. The highest BCUT2D eigenvalue weighted by molar-refractivity contribution is 6.31. The molecule has 0 saturated carbocycles. The van der Waals surface area contributed by atoms with E-state index >= 15 is 0 Å². The van der Waals surface area contributed by atoms with Gasteiger partial charge in [0.2, 0.25) is 5.96 Å². The monoisotopic (exact) mass is 359 g/mol. The van der Waals surface area contributed by atoms with Gasteiger partial charge in [-0.25, -0.2) is 4.99 Å². The molecule has 0 atom stereocenters. The molecule has 0 aromatic heterocycles. The van der Waals surface area contributed by atoms with Crippen LogP contribution in [0.15, 0.2) is 33.9 Å². The van der Waals surface area contributed by atoms with E-state index in [1.807, 2.05) is 37.1 Å². The maximum absolute atomic E-state index is 6.28. The molecule has 1 saturated heterocycles. The summed E-state index contributed by atoms with van der Waals surface area (Å²) in [7, 11) is 0. The van der Waals surface area contributed by atoms with Gasteiger partial charge in [-0.1, -0.05) is 18.5 Å². The molecule has 1 fully saturated rings. The van der Waals surface area contributed by atoms with E-state index in [2.05, 4.69) is 24.1 Å². The second-order valence-electron chi connectivity index (χ2n) is 6.65. The predicted octanol–water partition coefficient (Wildman–Crippen LogP) is 4.09. The van der Waals surface area contributed by atoms with Crippen molar-refractivity contribution in [3.8, 4) is 0 Å².